The summed E-state index contributed by atoms with van der Waals surface area (Å²) >= 11 is 11.9. The zero-order chi connectivity index (χ0) is 14.0. The predicted octanol–water partition coefficient (Wildman–Crippen LogP) is 3.94. The highest BCUT2D eigenvalue weighted by Crippen LogP contribution is 2.34. The number of methoxy groups -OCH3 is 1. The summed E-state index contributed by atoms with van der Waals surface area (Å²) in [6, 6.07) is 9.20. The van der Waals surface area contributed by atoms with Gasteiger partial charge in [0.1, 0.15) is 11.5 Å². The average Bonchev–Trinajstić information content (AvgIpc) is 2.37. The first-order chi connectivity index (χ1) is 9.04. The summed E-state index contributed by atoms with van der Waals surface area (Å²) in [7, 11) is 1.41. The van der Waals surface area contributed by atoms with Crippen molar-refractivity contribution in [2.45, 2.75) is 0 Å². The monoisotopic (exact) mass is 296 g/mol. The van der Waals surface area contributed by atoms with Crippen LogP contribution in [0.3, 0.4) is 0 Å². The SMILES string of the molecule is COc1c(Cl)cc(Cl)cc1C(=O)c1ccccc1O. The number of phenols is 1. The van der Waals surface area contributed by atoms with Crippen LogP contribution in [-0.4, -0.2) is 18.0 Å². The van der Waals surface area contributed by atoms with Crippen LogP contribution in [0.25, 0.3) is 0 Å². The van der Waals surface area contributed by atoms with Crippen LogP contribution in [0, 0.1) is 0 Å². The Balaban J connectivity index is 2.59. The van der Waals surface area contributed by atoms with Crippen molar-refractivity contribution in [3.63, 3.8) is 0 Å². The van der Waals surface area contributed by atoms with Gasteiger partial charge in [0.15, 0.2) is 0 Å². The van der Waals surface area contributed by atoms with Crippen molar-refractivity contribution in [1.29, 1.82) is 0 Å². The maximum Gasteiger partial charge on any atom is 0.200 e. The number of aromatic hydroxyl groups is 1. The first kappa shape index (κ1) is 13.7. The lowest BCUT2D eigenvalue weighted by Crippen LogP contribution is -2.05. The second-order valence-electron chi connectivity index (χ2n) is 3.81. The van der Waals surface area contributed by atoms with Gasteiger partial charge in [-0.05, 0) is 24.3 Å². The number of hydrogen-bond acceptors (Lipinski definition) is 3. The normalized spacial score (nSPS) is 10.3. The molecule has 0 spiro atoms. The summed E-state index contributed by atoms with van der Waals surface area (Å²) in [5, 5.41) is 10.3. The van der Waals surface area contributed by atoms with Gasteiger partial charge in [0.2, 0.25) is 5.78 Å². The minimum Gasteiger partial charge on any atom is -0.507 e. The van der Waals surface area contributed by atoms with Gasteiger partial charge in [-0.1, -0.05) is 35.3 Å². The number of ketones is 1. The van der Waals surface area contributed by atoms with Crippen molar-refractivity contribution in [2.24, 2.45) is 0 Å². The molecular weight excluding hydrogens is 287 g/mol. The highest BCUT2D eigenvalue weighted by Gasteiger charge is 2.20. The van der Waals surface area contributed by atoms with E-state index >= 15 is 0 Å². The van der Waals surface area contributed by atoms with E-state index in [0.29, 0.717) is 5.02 Å². The van der Waals surface area contributed by atoms with Gasteiger partial charge < -0.3 is 9.84 Å². The molecule has 0 amide bonds. The van der Waals surface area contributed by atoms with Crippen molar-refractivity contribution >= 4 is 29.0 Å². The first-order valence-electron chi connectivity index (χ1n) is 5.40. The Morgan fingerprint density at radius 3 is 2.47 bits per heavy atom. The van der Waals surface area contributed by atoms with Gasteiger partial charge in [0.25, 0.3) is 0 Å². The van der Waals surface area contributed by atoms with Crippen LogP contribution in [0.4, 0.5) is 0 Å². The lowest BCUT2D eigenvalue weighted by Gasteiger charge is -2.11. The van der Waals surface area contributed by atoms with Crippen molar-refractivity contribution < 1.29 is 14.6 Å². The molecule has 0 heterocycles. The molecule has 2 aromatic rings. The summed E-state index contributed by atoms with van der Waals surface area (Å²) in [6.07, 6.45) is 0. The molecule has 0 aliphatic carbocycles. The first-order valence-corrected chi connectivity index (χ1v) is 6.16. The van der Waals surface area contributed by atoms with Crippen molar-refractivity contribution in [3.8, 4) is 11.5 Å². The third-order valence-corrected chi connectivity index (χ3v) is 3.10. The van der Waals surface area contributed by atoms with Gasteiger partial charge in [0.05, 0.1) is 23.3 Å². The molecule has 98 valence electrons. The number of phenolic OH excluding ortho intramolecular Hbond substituents is 1. The molecule has 0 fully saturated rings. The fraction of sp³-hybridized carbons (Fsp3) is 0.0714. The van der Waals surface area contributed by atoms with Gasteiger partial charge in [-0.15, -0.1) is 0 Å². The Morgan fingerprint density at radius 2 is 1.84 bits per heavy atom. The largest absolute Gasteiger partial charge is 0.507 e. The Labute approximate surface area is 120 Å². The molecule has 0 aliphatic rings. The van der Waals surface area contributed by atoms with Gasteiger partial charge in [-0.2, -0.15) is 0 Å². The third kappa shape index (κ3) is 2.67. The van der Waals surface area contributed by atoms with E-state index in [1.54, 1.807) is 12.1 Å². The maximum atomic E-state index is 12.4. The molecular formula is C14H10Cl2O3. The minimum atomic E-state index is -0.403. The van der Waals surface area contributed by atoms with Crippen molar-refractivity contribution in [1.82, 2.24) is 0 Å². The van der Waals surface area contributed by atoms with Crippen LogP contribution in [-0.2, 0) is 0 Å². The highest BCUT2D eigenvalue weighted by atomic mass is 35.5. The molecule has 0 unspecified atom stereocenters. The fourth-order valence-corrected chi connectivity index (χ4v) is 2.32. The molecule has 0 radical (unpaired) electrons. The van der Waals surface area contributed by atoms with Crippen LogP contribution in [0.15, 0.2) is 36.4 Å². The molecule has 19 heavy (non-hydrogen) atoms. The van der Waals surface area contributed by atoms with E-state index < -0.39 is 5.78 Å². The second-order valence-corrected chi connectivity index (χ2v) is 4.66. The number of ether oxygens (including phenoxy) is 1. The predicted molar refractivity (Wildman–Crippen MR) is 74.6 cm³/mol. The number of hydrogen-bond donors (Lipinski definition) is 1. The number of carbonyl (C=O) groups is 1. The van der Waals surface area contributed by atoms with E-state index in [0.717, 1.165) is 0 Å². The van der Waals surface area contributed by atoms with Gasteiger partial charge in [-0.3, -0.25) is 4.79 Å². The smallest absolute Gasteiger partial charge is 0.200 e. The number of rotatable bonds is 3. The summed E-state index contributed by atoms with van der Waals surface area (Å²) in [5.74, 6) is -0.274. The van der Waals surface area contributed by atoms with Crippen LogP contribution < -0.4 is 4.74 Å². The molecule has 0 saturated carbocycles. The van der Waals surface area contributed by atoms with E-state index in [2.05, 4.69) is 0 Å². The van der Waals surface area contributed by atoms with Gasteiger partial charge >= 0.3 is 0 Å². The number of carbonyl (C=O) groups excluding carboxylic acids is 1. The quantitative estimate of drug-likeness (QED) is 0.873. The van der Waals surface area contributed by atoms with Crippen LogP contribution in [0.5, 0.6) is 11.5 Å². The van der Waals surface area contributed by atoms with Gasteiger partial charge in [0, 0.05) is 5.02 Å². The number of halogens is 2. The van der Waals surface area contributed by atoms with E-state index in [-0.39, 0.29) is 27.6 Å². The molecule has 1 N–H and O–H groups in total. The summed E-state index contributed by atoms with van der Waals surface area (Å²) in [4.78, 5) is 12.4. The Kier molecular flexibility index (Phi) is 3.98. The lowest BCUT2D eigenvalue weighted by molar-refractivity contribution is 0.103. The van der Waals surface area contributed by atoms with Gasteiger partial charge in [-0.25, -0.2) is 0 Å². The fourth-order valence-electron chi connectivity index (χ4n) is 1.75. The van der Waals surface area contributed by atoms with Crippen LogP contribution in [0.2, 0.25) is 10.0 Å². The second kappa shape index (κ2) is 5.51. The molecule has 0 bridgehead atoms. The van der Waals surface area contributed by atoms with E-state index in [1.807, 2.05) is 0 Å². The average molecular weight is 297 g/mol. The lowest BCUT2D eigenvalue weighted by atomic mass is 10.0. The van der Waals surface area contributed by atoms with Crippen LogP contribution >= 0.6 is 23.2 Å². The summed E-state index contributed by atoms with van der Waals surface area (Å²) in [5.41, 5.74) is 0.376. The standard InChI is InChI=1S/C14H10Cl2O3/c1-19-14-10(6-8(15)7-11(14)16)13(18)9-4-2-3-5-12(9)17/h2-7,17H,1H3. The van der Waals surface area contributed by atoms with Crippen LogP contribution in [0.1, 0.15) is 15.9 Å². The molecule has 5 heteroatoms. The zero-order valence-electron chi connectivity index (χ0n) is 9.98. The molecule has 0 aromatic heterocycles. The number of para-hydroxylation sites is 1. The molecule has 0 aliphatic heterocycles. The van der Waals surface area contributed by atoms with E-state index in [4.69, 9.17) is 27.9 Å². The number of benzene rings is 2. The molecule has 2 aromatic carbocycles. The Morgan fingerprint density at radius 1 is 1.16 bits per heavy atom. The molecule has 0 saturated heterocycles. The molecule has 2 rings (SSSR count). The zero-order valence-corrected chi connectivity index (χ0v) is 11.5. The minimum absolute atomic E-state index is 0.106. The molecule has 3 nitrogen and oxygen atoms in total. The topological polar surface area (TPSA) is 46.5 Å². The maximum absolute atomic E-state index is 12.4. The van der Waals surface area contributed by atoms with Crippen molar-refractivity contribution in [2.75, 3.05) is 7.11 Å². The van der Waals surface area contributed by atoms with Crippen molar-refractivity contribution in [3.05, 3.63) is 57.6 Å². The third-order valence-electron chi connectivity index (χ3n) is 2.61. The Bertz CT molecular complexity index is 639. The van der Waals surface area contributed by atoms with E-state index in [9.17, 15) is 9.90 Å². The summed E-state index contributed by atoms with van der Waals surface area (Å²) < 4.78 is 5.12. The van der Waals surface area contributed by atoms with E-state index in [1.165, 1.54) is 31.4 Å². The summed E-state index contributed by atoms with van der Waals surface area (Å²) in [6.45, 7) is 0. The molecule has 0 atom stereocenters. The highest BCUT2D eigenvalue weighted by molar-refractivity contribution is 6.36. The Hall–Kier alpha value is -1.71.